The number of anilines is 1. The van der Waals surface area contributed by atoms with Crippen LogP contribution in [0.25, 0.3) is 6.08 Å². The summed E-state index contributed by atoms with van der Waals surface area (Å²) in [4.78, 5) is 2.54. The van der Waals surface area contributed by atoms with Gasteiger partial charge in [-0.05, 0) is 30.9 Å². The standard InChI is InChI=1S/C17H27N/c1-5-8-13-18(14-9-6-2)17-15(4)11-10-12-16(17)7-3/h7,10-12H,3,5-6,8-9,13-14H2,1-2,4H3. The number of rotatable bonds is 8. The molecule has 0 bridgehead atoms. The van der Waals surface area contributed by atoms with Crippen LogP contribution >= 0.6 is 0 Å². The molecule has 0 amide bonds. The molecule has 0 saturated carbocycles. The fraction of sp³-hybridized carbons (Fsp3) is 0.529. The van der Waals surface area contributed by atoms with Crippen molar-refractivity contribution in [2.75, 3.05) is 18.0 Å². The molecule has 18 heavy (non-hydrogen) atoms. The Hall–Kier alpha value is -1.24. The van der Waals surface area contributed by atoms with Gasteiger partial charge in [0.15, 0.2) is 0 Å². The van der Waals surface area contributed by atoms with Crippen LogP contribution in [-0.4, -0.2) is 13.1 Å². The Labute approximate surface area is 113 Å². The first-order valence-electron chi connectivity index (χ1n) is 7.21. The number of hydrogen-bond acceptors (Lipinski definition) is 1. The number of benzene rings is 1. The second kappa shape index (κ2) is 7.97. The molecule has 0 aliphatic rings. The molecule has 1 rings (SSSR count). The van der Waals surface area contributed by atoms with Gasteiger partial charge in [0.25, 0.3) is 0 Å². The van der Waals surface area contributed by atoms with Crippen molar-refractivity contribution in [1.82, 2.24) is 0 Å². The smallest absolute Gasteiger partial charge is 0.0469 e. The maximum atomic E-state index is 3.95. The minimum atomic E-state index is 1.15. The summed E-state index contributed by atoms with van der Waals surface area (Å²) in [6.45, 7) is 13.0. The van der Waals surface area contributed by atoms with Crippen LogP contribution in [0.15, 0.2) is 24.8 Å². The predicted molar refractivity (Wildman–Crippen MR) is 83.3 cm³/mol. The maximum Gasteiger partial charge on any atom is 0.0469 e. The van der Waals surface area contributed by atoms with E-state index in [2.05, 4.69) is 50.4 Å². The van der Waals surface area contributed by atoms with E-state index >= 15 is 0 Å². The second-order valence-electron chi connectivity index (χ2n) is 4.91. The van der Waals surface area contributed by atoms with Crippen LogP contribution in [0.3, 0.4) is 0 Å². The predicted octanol–water partition coefficient (Wildman–Crippen LogP) is 5.04. The van der Waals surface area contributed by atoms with Crippen LogP contribution < -0.4 is 4.90 Å². The molecule has 0 aromatic heterocycles. The summed E-state index contributed by atoms with van der Waals surface area (Å²) in [6, 6.07) is 6.49. The second-order valence-corrected chi connectivity index (χ2v) is 4.91. The fourth-order valence-electron chi connectivity index (χ4n) is 2.31. The van der Waals surface area contributed by atoms with Crippen molar-refractivity contribution in [3.05, 3.63) is 35.9 Å². The summed E-state index contributed by atoms with van der Waals surface area (Å²) in [5.41, 5.74) is 4.01. The number of nitrogens with zero attached hydrogens (tertiary/aromatic N) is 1. The Bertz CT molecular complexity index is 360. The highest BCUT2D eigenvalue weighted by atomic mass is 15.1. The molecule has 0 aliphatic heterocycles. The zero-order valence-electron chi connectivity index (χ0n) is 12.2. The van der Waals surface area contributed by atoms with Crippen molar-refractivity contribution < 1.29 is 0 Å². The molecule has 100 valence electrons. The van der Waals surface area contributed by atoms with Crippen molar-refractivity contribution in [1.29, 1.82) is 0 Å². The maximum absolute atomic E-state index is 3.95. The summed E-state index contributed by atoms with van der Waals surface area (Å²) in [5, 5.41) is 0. The third-order valence-corrected chi connectivity index (χ3v) is 3.37. The van der Waals surface area contributed by atoms with E-state index in [0.717, 1.165) is 13.1 Å². The van der Waals surface area contributed by atoms with Gasteiger partial charge < -0.3 is 4.90 Å². The minimum Gasteiger partial charge on any atom is -0.371 e. The lowest BCUT2D eigenvalue weighted by Gasteiger charge is -2.28. The number of aryl methyl sites for hydroxylation is 1. The van der Waals surface area contributed by atoms with Crippen molar-refractivity contribution in [3.63, 3.8) is 0 Å². The van der Waals surface area contributed by atoms with Gasteiger partial charge in [0, 0.05) is 18.8 Å². The molecule has 1 heteroatoms. The molecule has 0 N–H and O–H groups in total. The summed E-state index contributed by atoms with van der Waals surface area (Å²) in [6.07, 6.45) is 6.99. The van der Waals surface area contributed by atoms with Gasteiger partial charge in [0.05, 0.1) is 0 Å². The fourth-order valence-corrected chi connectivity index (χ4v) is 2.31. The SMILES string of the molecule is C=Cc1cccc(C)c1N(CCCC)CCCC. The van der Waals surface area contributed by atoms with Crippen LogP contribution in [0.1, 0.15) is 50.7 Å². The molecular weight excluding hydrogens is 218 g/mol. The topological polar surface area (TPSA) is 3.24 Å². The van der Waals surface area contributed by atoms with Crippen molar-refractivity contribution in [2.45, 2.75) is 46.5 Å². The van der Waals surface area contributed by atoms with Crippen LogP contribution in [-0.2, 0) is 0 Å². The zero-order valence-corrected chi connectivity index (χ0v) is 12.2. The van der Waals surface area contributed by atoms with Crippen LogP contribution in [0.5, 0.6) is 0 Å². The van der Waals surface area contributed by atoms with Crippen molar-refractivity contribution in [3.8, 4) is 0 Å². The van der Waals surface area contributed by atoms with Gasteiger partial charge in [-0.2, -0.15) is 0 Å². The molecule has 1 aromatic rings. The van der Waals surface area contributed by atoms with E-state index in [-0.39, 0.29) is 0 Å². The number of para-hydroxylation sites is 1. The van der Waals surface area contributed by atoms with E-state index in [1.165, 1.54) is 42.5 Å². The van der Waals surface area contributed by atoms with Gasteiger partial charge in [0.1, 0.15) is 0 Å². The lowest BCUT2D eigenvalue weighted by atomic mass is 10.1. The van der Waals surface area contributed by atoms with Crippen molar-refractivity contribution in [2.24, 2.45) is 0 Å². The first-order chi connectivity index (χ1) is 8.74. The highest BCUT2D eigenvalue weighted by Crippen LogP contribution is 2.26. The van der Waals surface area contributed by atoms with E-state index in [0.29, 0.717) is 0 Å². The average molecular weight is 245 g/mol. The highest BCUT2D eigenvalue weighted by molar-refractivity contribution is 5.70. The van der Waals surface area contributed by atoms with E-state index < -0.39 is 0 Å². The first kappa shape index (κ1) is 14.8. The summed E-state index contributed by atoms with van der Waals surface area (Å²) < 4.78 is 0. The van der Waals surface area contributed by atoms with Gasteiger partial charge in [-0.25, -0.2) is 0 Å². The average Bonchev–Trinajstić information content (AvgIpc) is 2.39. The Morgan fingerprint density at radius 3 is 2.22 bits per heavy atom. The Balaban J connectivity index is 2.98. The largest absolute Gasteiger partial charge is 0.371 e. The molecule has 1 nitrogen and oxygen atoms in total. The summed E-state index contributed by atoms with van der Waals surface area (Å²) >= 11 is 0. The molecule has 0 spiro atoms. The molecular formula is C17H27N. The summed E-state index contributed by atoms with van der Waals surface area (Å²) in [7, 11) is 0. The third-order valence-electron chi connectivity index (χ3n) is 3.37. The molecule has 0 radical (unpaired) electrons. The van der Waals surface area contributed by atoms with E-state index in [1.54, 1.807) is 0 Å². The van der Waals surface area contributed by atoms with E-state index in [1.807, 2.05) is 6.08 Å². The molecule has 0 unspecified atom stereocenters. The molecule has 0 aliphatic carbocycles. The van der Waals surface area contributed by atoms with Gasteiger partial charge in [-0.15, -0.1) is 0 Å². The molecule has 1 aromatic carbocycles. The molecule has 0 saturated heterocycles. The Kier molecular flexibility index (Phi) is 6.56. The Morgan fingerprint density at radius 1 is 1.11 bits per heavy atom. The zero-order chi connectivity index (χ0) is 13.4. The molecule has 0 atom stereocenters. The van der Waals surface area contributed by atoms with Crippen LogP contribution in [0.4, 0.5) is 5.69 Å². The van der Waals surface area contributed by atoms with E-state index in [9.17, 15) is 0 Å². The first-order valence-corrected chi connectivity index (χ1v) is 7.21. The van der Waals surface area contributed by atoms with Gasteiger partial charge in [0.2, 0.25) is 0 Å². The normalized spacial score (nSPS) is 10.4. The van der Waals surface area contributed by atoms with Gasteiger partial charge in [-0.3, -0.25) is 0 Å². The molecule has 0 fully saturated rings. The highest BCUT2D eigenvalue weighted by Gasteiger charge is 2.11. The monoisotopic (exact) mass is 245 g/mol. The minimum absolute atomic E-state index is 1.15. The number of unbranched alkanes of at least 4 members (excludes halogenated alkanes) is 2. The number of hydrogen-bond donors (Lipinski definition) is 0. The van der Waals surface area contributed by atoms with E-state index in [4.69, 9.17) is 0 Å². The van der Waals surface area contributed by atoms with Gasteiger partial charge in [-0.1, -0.05) is 57.5 Å². The quantitative estimate of drug-likeness (QED) is 0.620. The lowest BCUT2D eigenvalue weighted by molar-refractivity contribution is 0.676. The lowest BCUT2D eigenvalue weighted by Crippen LogP contribution is -2.27. The summed E-state index contributed by atoms with van der Waals surface area (Å²) in [5.74, 6) is 0. The van der Waals surface area contributed by atoms with Crippen molar-refractivity contribution >= 4 is 11.8 Å². The van der Waals surface area contributed by atoms with Crippen LogP contribution in [0, 0.1) is 6.92 Å². The van der Waals surface area contributed by atoms with Crippen LogP contribution in [0.2, 0.25) is 0 Å². The third kappa shape index (κ3) is 3.90. The Morgan fingerprint density at radius 2 is 1.72 bits per heavy atom. The molecule has 0 heterocycles. The van der Waals surface area contributed by atoms with Gasteiger partial charge >= 0.3 is 0 Å².